The molecule has 18 heavy (non-hydrogen) atoms. The molecular formula is C13H16N4O. The second kappa shape index (κ2) is 4.91. The molecule has 2 heterocycles. The highest BCUT2D eigenvalue weighted by molar-refractivity contribution is 6.05. The number of carbonyl (C=O) groups excluding carboxylic acids is 1. The summed E-state index contributed by atoms with van der Waals surface area (Å²) >= 11 is 0. The molecule has 0 aliphatic heterocycles. The van der Waals surface area contributed by atoms with Crippen LogP contribution in [0.2, 0.25) is 0 Å². The van der Waals surface area contributed by atoms with Crippen molar-refractivity contribution in [3.05, 3.63) is 42.5 Å². The van der Waals surface area contributed by atoms with Gasteiger partial charge in [-0.15, -0.1) is 0 Å². The van der Waals surface area contributed by atoms with Crippen LogP contribution in [0.25, 0.3) is 0 Å². The summed E-state index contributed by atoms with van der Waals surface area (Å²) in [7, 11) is 1.74. The molecule has 0 aliphatic rings. The van der Waals surface area contributed by atoms with Gasteiger partial charge in [-0.3, -0.25) is 9.78 Å². The molecule has 2 rings (SSSR count). The normalized spacial score (nSPS) is 10.3. The van der Waals surface area contributed by atoms with E-state index in [9.17, 15) is 4.79 Å². The predicted molar refractivity (Wildman–Crippen MR) is 71.5 cm³/mol. The highest BCUT2D eigenvalue weighted by Gasteiger charge is 2.17. The number of hydrogen-bond acceptors (Lipinski definition) is 3. The lowest BCUT2D eigenvalue weighted by atomic mass is 10.3. The Hall–Kier alpha value is -2.30. The van der Waals surface area contributed by atoms with E-state index in [0.717, 1.165) is 5.69 Å². The van der Waals surface area contributed by atoms with Crippen LogP contribution in [0.4, 0.5) is 11.4 Å². The second-order valence-electron chi connectivity index (χ2n) is 4.01. The second-order valence-corrected chi connectivity index (χ2v) is 4.01. The Balaban J connectivity index is 2.31. The summed E-state index contributed by atoms with van der Waals surface area (Å²) in [5, 5.41) is 0. The molecule has 0 bridgehead atoms. The third-order valence-corrected chi connectivity index (χ3v) is 2.83. The number of nitrogen functional groups attached to an aromatic ring is 1. The van der Waals surface area contributed by atoms with E-state index in [2.05, 4.69) is 4.98 Å². The van der Waals surface area contributed by atoms with Crippen molar-refractivity contribution in [2.75, 3.05) is 17.7 Å². The molecule has 94 valence electrons. The van der Waals surface area contributed by atoms with E-state index in [4.69, 9.17) is 5.73 Å². The van der Waals surface area contributed by atoms with E-state index in [1.165, 1.54) is 0 Å². The number of rotatable bonds is 3. The Morgan fingerprint density at radius 1 is 1.44 bits per heavy atom. The molecule has 0 fully saturated rings. The van der Waals surface area contributed by atoms with Gasteiger partial charge in [-0.25, -0.2) is 0 Å². The quantitative estimate of drug-likeness (QED) is 0.894. The van der Waals surface area contributed by atoms with E-state index < -0.39 is 0 Å². The summed E-state index contributed by atoms with van der Waals surface area (Å²) in [5.74, 6) is -0.0836. The molecule has 5 heteroatoms. The number of hydrogen-bond donors (Lipinski definition) is 1. The van der Waals surface area contributed by atoms with Crippen molar-refractivity contribution >= 4 is 17.3 Å². The lowest BCUT2D eigenvalue weighted by molar-refractivity contribution is 0.0984. The molecule has 1 amide bonds. The highest BCUT2D eigenvalue weighted by Crippen LogP contribution is 2.17. The van der Waals surface area contributed by atoms with Crippen molar-refractivity contribution in [1.82, 2.24) is 9.55 Å². The fraction of sp³-hybridized carbons (Fsp3) is 0.231. The first-order valence-corrected chi connectivity index (χ1v) is 5.77. The summed E-state index contributed by atoms with van der Waals surface area (Å²) in [4.78, 5) is 17.9. The van der Waals surface area contributed by atoms with Crippen molar-refractivity contribution in [2.24, 2.45) is 0 Å². The van der Waals surface area contributed by atoms with Gasteiger partial charge in [-0.1, -0.05) is 0 Å². The van der Waals surface area contributed by atoms with Gasteiger partial charge >= 0.3 is 0 Å². The maximum atomic E-state index is 12.4. The van der Waals surface area contributed by atoms with Crippen LogP contribution in [0.15, 0.2) is 36.8 Å². The van der Waals surface area contributed by atoms with Gasteiger partial charge in [0.05, 0.1) is 5.69 Å². The minimum atomic E-state index is -0.0836. The summed E-state index contributed by atoms with van der Waals surface area (Å²) in [6.07, 6.45) is 5.09. The average Bonchev–Trinajstić information content (AvgIpc) is 2.79. The van der Waals surface area contributed by atoms with Crippen LogP contribution in [0.5, 0.6) is 0 Å². The van der Waals surface area contributed by atoms with Crippen LogP contribution in [0.1, 0.15) is 17.4 Å². The first kappa shape index (κ1) is 12.2. The minimum Gasteiger partial charge on any atom is -0.397 e. The summed E-state index contributed by atoms with van der Waals surface area (Å²) in [6, 6.07) is 5.28. The lowest BCUT2D eigenvalue weighted by Gasteiger charge is -2.17. The fourth-order valence-electron chi connectivity index (χ4n) is 1.83. The van der Waals surface area contributed by atoms with Gasteiger partial charge in [0.1, 0.15) is 5.69 Å². The fourth-order valence-corrected chi connectivity index (χ4v) is 1.83. The van der Waals surface area contributed by atoms with E-state index in [-0.39, 0.29) is 5.91 Å². The van der Waals surface area contributed by atoms with Crippen molar-refractivity contribution < 1.29 is 4.79 Å². The predicted octanol–water partition coefficient (Wildman–Crippen LogP) is 1.76. The molecule has 5 nitrogen and oxygen atoms in total. The van der Waals surface area contributed by atoms with Crippen LogP contribution in [0.3, 0.4) is 0 Å². The maximum absolute atomic E-state index is 12.4. The van der Waals surface area contributed by atoms with Crippen molar-refractivity contribution in [2.45, 2.75) is 13.5 Å². The van der Waals surface area contributed by atoms with Gasteiger partial charge in [0.15, 0.2) is 0 Å². The average molecular weight is 244 g/mol. The Morgan fingerprint density at radius 2 is 2.11 bits per heavy atom. The van der Waals surface area contributed by atoms with Crippen molar-refractivity contribution in [1.29, 1.82) is 0 Å². The third kappa shape index (κ3) is 2.20. The number of amides is 1. The highest BCUT2D eigenvalue weighted by atomic mass is 16.2. The molecule has 0 saturated carbocycles. The largest absolute Gasteiger partial charge is 0.397 e. The Bertz CT molecular complexity index is 547. The number of nitrogens with zero attached hydrogens (tertiary/aromatic N) is 3. The van der Waals surface area contributed by atoms with E-state index in [0.29, 0.717) is 17.9 Å². The number of carbonyl (C=O) groups is 1. The van der Waals surface area contributed by atoms with Crippen molar-refractivity contribution in [3.63, 3.8) is 0 Å². The SMILES string of the molecule is CCn1cc(N)cc1C(=O)N(C)c1ccncc1. The van der Waals surface area contributed by atoms with Gasteiger partial charge in [-0.2, -0.15) is 0 Å². The van der Waals surface area contributed by atoms with Crippen molar-refractivity contribution in [3.8, 4) is 0 Å². The van der Waals surface area contributed by atoms with Crippen LogP contribution < -0.4 is 10.6 Å². The summed E-state index contributed by atoms with van der Waals surface area (Å²) in [5.41, 5.74) is 7.73. The number of aryl methyl sites for hydroxylation is 1. The summed E-state index contributed by atoms with van der Waals surface area (Å²) in [6.45, 7) is 2.69. The Morgan fingerprint density at radius 3 is 2.72 bits per heavy atom. The van der Waals surface area contributed by atoms with E-state index >= 15 is 0 Å². The number of anilines is 2. The van der Waals surface area contributed by atoms with Gasteiger partial charge in [0.25, 0.3) is 5.91 Å². The molecule has 0 aliphatic carbocycles. The Labute approximate surface area is 106 Å². The minimum absolute atomic E-state index is 0.0836. The molecular weight excluding hydrogens is 228 g/mol. The van der Waals surface area contributed by atoms with Crippen LogP contribution in [-0.2, 0) is 6.54 Å². The smallest absolute Gasteiger partial charge is 0.274 e. The molecule has 0 unspecified atom stereocenters. The zero-order valence-electron chi connectivity index (χ0n) is 10.5. The maximum Gasteiger partial charge on any atom is 0.274 e. The zero-order valence-corrected chi connectivity index (χ0v) is 10.5. The lowest BCUT2D eigenvalue weighted by Crippen LogP contribution is -2.28. The summed E-state index contributed by atoms with van der Waals surface area (Å²) < 4.78 is 1.84. The molecule has 0 saturated heterocycles. The standard InChI is InChI=1S/C13H16N4O/c1-3-17-9-10(14)8-12(17)13(18)16(2)11-4-6-15-7-5-11/h4-9H,3,14H2,1-2H3. The molecule has 2 aromatic heterocycles. The first-order valence-electron chi connectivity index (χ1n) is 5.77. The molecule has 0 atom stereocenters. The van der Waals surface area contributed by atoms with Gasteiger partial charge in [0.2, 0.25) is 0 Å². The van der Waals surface area contributed by atoms with Crippen LogP contribution >= 0.6 is 0 Å². The molecule has 0 spiro atoms. The van der Waals surface area contributed by atoms with Gasteiger partial charge in [0, 0.05) is 37.9 Å². The molecule has 2 N–H and O–H groups in total. The van der Waals surface area contributed by atoms with Crippen LogP contribution in [-0.4, -0.2) is 22.5 Å². The van der Waals surface area contributed by atoms with Crippen LogP contribution in [0, 0.1) is 0 Å². The monoisotopic (exact) mass is 244 g/mol. The molecule has 0 radical (unpaired) electrons. The molecule has 0 aromatic carbocycles. The third-order valence-electron chi connectivity index (χ3n) is 2.83. The topological polar surface area (TPSA) is 64.2 Å². The van der Waals surface area contributed by atoms with E-state index in [1.807, 2.05) is 11.5 Å². The molecule has 2 aromatic rings. The first-order chi connectivity index (χ1) is 8.63. The number of pyridine rings is 1. The number of nitrogens with two attached hydrogens (primary N) is 1. The Kier molecular flexibility index (Phi) is 3.32. The van der Waals surface area contributed by atoms with Gasteiger partial charge in [-0.05, 0) is 25.1 Å². The number of aromatic nitrogens is 2. The zero-order chi connectivity index (χ0) is 13.1. The van der Waals surface area contributed by atoms with Gasteiger partial charge < -0.3 is 15.2 Å². The van der Waals surface area contributed by atoms with E-state index in [1.54, 1.807) is 48.7 Å².